The van der Waals surface area contributed by atoms with Gasteiger partial charge in [-0.3, -0.25) is 9.82 Å². The largest absolute Gasteiger partial charge is 0.487 e. The maximum Gasteiger partial charge on any atom is 0.130 e. The minimum absolute atomic E-state index is 0.0138. The van der Waals surface area contributed by atoms with Gasteiger partial charge in [-0.1, -0.05) is 37.5 Å². The minimum Gasteiger partial charge on any atom is -0.487 e. The highest BCUT2D eigenvalue weighted by molar-refractivity contribution is 5.29. The van der Waals surface area contributed by atoms with E-state index in [1.54, 1.807) is 6.20 Å². The monoisotopic (exact) mass is 312 g/mol. The van der Waals surface area contributed by atoms with Crippen molar-refractivity contribution in [3.05, 3.63) is 59.9 Å². The van der Waals surface area contributed by atoms with E-state index in [0.717, 1.165) is 17.0 Å². The molecule has 0 spiro atoms. The van der Waals surface area contributed by atoms with E-state index in [9.17, 15) is 0 Å². The van der Waals surface area contributed by atoms with Gasteiger partial charge in [-0.05, 0) is 48.6 Å². The first-order valence-corrected chi connectivity index (χ1v) is 8.35. The number of aromatic nitrogens is 1. The summed E-state index contributed by atoms with van der Waals surface area (Å²) in [5, 5.41) is 0. The zero-order valence-electron chi connectivity index (χ0n) is 13.4. The second kappa shape index (κ2) is 8.09. The van der Waals surface area contributed by atoms with Crippen LogP contribution in [-0.4, -0.2) is 4.98 Å². The maximum atomic E-state index is 5.77. The first-order chi connectivity index (χ1) is 11.4. The number of ether oxygens (including phenoxy) is 1. The molecule has 1 aromatic carbocycles. The molecule has 3 rings (SSSR count). The molecule has 0 saturated heterocycles. The van der Waals surface area contributed by atoms with Crippen LogP contribution in [0.25, 0.3) is 0 Å². The zero-order chi connectivity index (χ0) is 15.9. The van der Waals surface area contributed by atoms with Gasteiger partial charge in [-0.2, -0.15) is 0 Å². The minimum atomic E-state index is -0.0138. The number of hydrogen-bond acceptors (Lipinski definition) is 4. The topological polar surface area (TPSA) is 57.4 Å². The summed E-state index contributed by atoms with van der Waals surface area (Å²) in [6.07, 6.45) is 8.02. The van der Waals surface area contributed by atoms with Gasteiger partial charge in [0.25, 0.3) is 0 Å². The summed E-state index contributed by atoms with van der Waals surface area (Å²) in [4.78, 5) is 9.55. The molecule has 1 atom stereocenters. The van der Waals surface area contributed by atoms with Crippen LogP contribution in [-0.2, 0) is 11.4 Å². The fourth-order valence-corrected chi connectivity index (χ4v) is 3.29. The molecule has 1 unspecified atom stereocenters. The Hall–Kier alpha value is -1.91. The number of nitrogens with zero attached hydrogens (tertiary/aromatic N) is 1. The van der Waals surface area contributed by atoms with Crippen molar-refractivity contribution < 1.29 is 9.57 Å². The molecule has 1 aliphatic rings. The van der Waals surface area contributed by atoms with Gasteiger partial charge >= 0.3 is 0 Å². The van der Waals surface area contributed by atoms with E-state index < -0.39 is 0 Å². The van der Waals surface area contributed by atoms with Gasteiger partial charge in [0, 0.05) is 6.20 Å². The van der Waals surface area contributed by atoms with Crippen molar-refractivity contribution in [1.29, 1.82) is 0 Å². The molecule has 1 aromatic heterocycles. The second-order valence-electron chi connectivity index (χ2n) is 6.13. The van der Waals surface area contributed by atoms with E-state index in [1.807, 2.05) is 30.3 Å². The Morgan fingerprint density at radius 1 is 1.04 bits per heavy atom. The summed E-state index contributed by atoms with van der Waals surface area (Å²) in [6.45, 7) is 0.472. The lowest BCUT2D eigenvalue weighted by Crippen LogP contribution is -2.21. The van der Waals surface area contributed by atoms with Gasteiger partial charge < -0.3 is 4.74 Å². The number of nitrogens with two attached hydrogens (primary N) is 1. The normalized spacial score (nSPS) is 16.9. The standard InChI is InChI=1S/C19H24N2O2/c20-23-19(15-6-2-1-3-7-15)16-9-11-18(12-10-16)22-14-17-8-4-5-13-21-17/h4-5,8-13,15,19H,1-3,6-7,14,20H2. The summed E-state index contributed by atoms with van der Waals surface area (Å²) in [5.74, 6) is 6.92. The second-order valence-corrected chi connectivity index (χ2v) is 6.13. The molecule has 0 radical (unpaired) electrons. The van der Waals surface area contributed by atoms with Crippen molar-refractivity contribution >= 4 is 0 Å². The number of hydrogen-bond donors (Lipinski definition) is 1. The quantitative estimate of drug-likeness (QED) is 0.813. The molecular weight excluding hydrogens is 288 g/mol. The van der Waals surface area contributed by atoms with Gasteiger partial charge in [0.1, 0.15) is 18.5 Å². The number of pyridine rings is 1. The third-order valence-electron chi connectivity index (χ3n) is 4.55. The molecule has 2 N–H and O–H groups in total. The van der Waals surface area contributed by atoms with Gasteiger partial charge in [-0.15, -0.1) is 0 Å². The van der Waals surface area contributed by atoms with E-state index in [0.29, 0.717) is 12.5 Å². The molecular formula is C19H24N2O2. The number of benzene rings is 1. The Morgan fingerprint density at radius 3 is 2.48 bits per heavy atom. The van der Waals surface area contributed by atoms with Crippen LogP contribution in [0, 0.1) is 5.92 Å². The van der Waals surface area contributed by atoms with Gasteiger partial charge in [-0.25, -0.2) is 5.90 Å². The Balaban J connectivity index is 1.61. The summed E-state index contributed by atoms with van der Waals surface area (Å²) in [7, 11) is 0. The molecule has 122 valence electrons. The lowest BCUT2D eigenvalue weighted by Gasteiger charge is -2.28. The highest BCUT2D eigenvalue weighted by Gasteiger charge is 2.25. The summed E-state index contributed by atoms with van der Waals surface area (Å²) in [5.41, 5.74) is 2.05. The molecule has 0 bridgehead atoms. The van der Waals surface area contributed by atoms with Crippen LogP contribution in [0.15, 0.2) is 48.7 Å². The van der Waals surface area contributed by atoms with Gasteiger partial charge in [0.15, 0.2) is 0 Å². The van der Waals surface area contributed by atoms with Crippen LogP contribution < -0.4 is 10.6 Å². The highest BCUT2D eigenvalue weighted by atomic mass is 16.6. The van der Waals surface area contributed by atoms with Crippen LogP contribution in [0.1, 0.15) is 49.5 Å². The first kappa shape index (κ1) is 16.0. The van der Waals surface area contributed by atoms with Gasteiger partial charge in [0.2, 0.25) is 0 Å². The predicted octanol–water partition coefficient (Wildman–Crippen LogP) is 4.17. The molecule has 0 amide bonds. The fraction of sp³-hybridized carbons (Fsp3) is 0.421. The average molecular weight is 312 g/mol. The lowest BCUT2D eigenvalue weighted by atomic mass is 9.83. The average Bonchev–Trinajstić information content (AvgIpc) is 2.63. The predicted molar refractivity (Wildman–Crippen MR) is 89.6 cm³/mol. The third kappa shape index (κ3) is 4.30. The molecule has 1 heterocycles. The molecule has 1 fully saturated rings. The smallest absolute Gasteiger partial charge is 0.130 e. The van der Waals surface area contributed by atoms with E-state index in [2.05, 4.69) is 17.1 Å². The van der Waals surface area contributed by atoms with E-state index >= 15 is 0 Å². The molecule has 23 heavy (non-hydrogen) atoms. The summed E-state index contributed by atoms with van der Waals surface area (Å²) < 4.78 is 5.77. The zero-order valence-corrected chi connectivity index (χ0v) is 13.4. The molecule has 4 nitrogen and oxygen atoms in total. The molecule has 1 aliphatic carbocycles. The van der Waals surface area contributed by atoms with E-state index in [-0.39, 0.29) is 6.10 Å². The van der Waals surface area contributed by atoms with Crippen LogP contribution in [0.5, 0.6) is 5.75 Å². The van der Waals surface area contributed by atoms with Crippen molar-refractivity contribution in [3.63, 3.8) is 0 Å². The molecule has 1 saturated carbocycles. The van der Waals surface area contributed by atoms with E-state index in [4.69, 9.17) is 15.5 Å². The van der Waals surface area contributed by atoms with Crippen LogP contribution in [0.3, 0.4) is 0 Å². The highest BCUT2D eigenvalue weighted by Crippen LogP contribution is 2.36. The van der Waals surface area contributed by atoms with Crippen LogP contribution >= 0.6 is 0 Å². The van der Waals surface area contributed by atoms with Crippen molar-refractivity contribution in [2.75, 3.05) is 0 Å². The lowest BCUT2D eigenvalue weighted by molar-refractivity contribution is -0.00278. The number of rotatable bonds is 6. The van der Waals surface area contributed by atoms with Crippen molar-refractivity contribution in [2.45, 2.75) is 44.8 Å². The van der Waals surface area contributed by atoms with Crippen molar-refractivity contribution in [1.82, 2.24) is 4.98 Å². The summed E-state index contributed by atoms with van der Waals surface area (Å²) >= 11 is 0. The molecule has 4 heteroatoms. The third-order valence-corrected chi connectivity index (χ3v) is 4.55. The molecule has 2 aromatic rings. The van der Waals surface area contributed by atoms with Crippen LogP contribution in [0.4, 0.5) is 0 Å². The SMILES string of the molecule is NOC(c1ccc(OCc2ccccn2)cc1)C1CCCCC1. The van der Waals surface area contributed by atoms with Crippen molar-refractivity contribution in [2.24, 2.45) is 11.8 Å². The van der Waals surface area contributed by atoms with Crippen LogP contribution in [0.2, 0.25) is 0 Å². The van der Waals surface area contributed by atoms with E-state index in [1.165, 1.54) is 32.1 Å². The Morgan fingerprint density at radius 2 is 1.83 bits per heavy atom. The first-order valence-electron chi connectivity index (χ1n) is 8.35. The van der Waals surface area contributed by atoms with Gasteiger partial charge in [0.05, 0.1) is 5.69 Å². The summed E-state index contributed by atoms with van der Waals surface area (Å²) in [6, 6.07) is 13.9. The molecule has 0 aliphatic heterocycles. The Labute approximate surface area is 137 Å². The Bertz CT molecular complexity index is 580. The fourth-order valence-electron chi connectivity index (χ4n) is 3.29. The Kier molecular flexibility index (Phi) is 5.61. The maximum absolute atomic E-state index is 5.77. The van der Waals surface area contributed by atoms with Crippen molar-refractivity contribution in [3.8, 4) is 5.75 Å².